The predicted octanol–water partition coefficient (Wildman–Crippen LogP) is 4.30. The maximum absolute atomic E-state index is 5.67. The molecule has 0 aliphatic carbocycles. The van der Waals surface area contributed by atoms with Crippen molar-refractivity contribution in [3.05, 3.63) is 36.6 Å². The molecule has 0 atom stereocenters. The summed E-state index contributed by atoms with van der Waals surface area (Å²) in [5.74, 6) is 0.759. The first kappa shape index (κ1) is 12.3. The molecule has 2 aromatic rings. The zero-order valence-corrected chi connectivity index (χ0v) is 12.5. The Bertz CT molecular complexity index is 506. The van der Waals surface area contributed by atoms with Gasteiger partial charge >= 0.3 is 0 Å². The highest BCUT2D eigenvalue weighted by Gasteiger charge is 2.05. The van der Waals surface area contributed by atoms with E-state index < -0.39 is 0 Å². The first-order valence-electron chi connectivity index (χ1n) is 4.21. The second kappa shape index (κ2) is 5.44. The van der Waals surface area contributed by atoms with Crippen molar-refractivity contribution in [3.63, 3.8) is 0 Å². The van der Waals surface area contributed by atoms with E-state index in [1.165, 1.54) is 11.3 Å². The molecule has 0 aliphatic rings. The van der Waals surface area contributed by atoms with Gasteiger partial charge in [-0.1, -0.05) is 27.3 Å². The van der Waals surface area contributed by atoms with E-state index in [1.807, 2.05) is 18.2 Å². The third-order valence-electron chi connectivity index (χ3n) is 1.69. The van der Waals surface area contributed by atoms with Gasteiger partial charge in [0, 0.05) is 4.47 Å². The van der Waals surface area contributed by atoms with Gasteiger partial charge in [0.25, 0.3) is 0 Å². The average Bonchev–Trinajstić information content (AvgIpc) is 2.63. The number of nitrogens with zero attached hydrogens (tertiary/aromatic N) is 2. The third kappa shape index (κ3) is 3.16. The van der Waals surface area contributed by atoms with Crippen LogP contribution >= 0.6 is 54.8 Å². The van der Waals surface area contributed by atoms with Crippen LogP contribution in [0.5, 0.6) is 5.75 Å². The minimum Gasteiger partial charge on any atom is -0.485 e. The molecule has 0 unspecified atom stereocenters. The maximum Gasteiger partial charge on any atom is 0.207 e. The molecule has 0 saturated carbocycles. The molecule has 1 heterocycles. The van der Waals surface area contributed by atoms with E-state index in [9.17, 15) is 0 Å². The maximum atomic E-state index is 5.67. The fourth-order valence-corrected chi connectivity index (χ4v) is 2.97. The molecule has 0 radical (unpaired) electrons. The van der Waals surface area contributed by atoms with Crippen LogP contribution in [0.3, 0.4) is 0 Å². The summed E-state index contributed by atoms with van der Waals surface area (Å²) in [4.78, 5) is 0. The van der Waals surface area contributed by atoms with E-state index >= 15 is 0 Å². The van der Waals surface area contributed by atoms with E-state index in [0.29, 0.717) is 11.1 Å². The molecular formula is C9H5Br2ClN2OS. The first-order valence-corrected chi connectivity index (χ1v) is 6.99. The highest BCUT2D eigenvalue weighted by molar-refractivity contribution is 9.11. The topological polar surface area (TPSA) is 35.0 Å². The zero-order valence-electron chi connectivity index (χ0n) is 7.78. The van der Waals surface area contributed by atoms with Crippen LogP contribution in [0.4, 0.5) is 0 Å². The molecule has 16 heavy (non-hydrogen) atoms. The molecule has 0 amide bonds. The molecule has 2 rings (SSSR count). The van der Waals surface area contributed by atoms with Crippen LogP contribution < -0.4 is 4.74 Å². The monoisotopic (exact) mass is 382 g/mol. The standard InChI is InChI=1S/C9H5Br2ClN2OS/c10-5-1-2-7(6(11)3-5)15-4-8-13-14-9(12)16-8/h1-3H,4H2. The van der Waals surface area contributed by atoms with Gasteiger partial charge in [-0.15, -0.1) is 10.2 Å². The van der Waals surface area contributed by atoms with Gasteiger partial charge in [0.05, 0.1) is 4.47 Å². The number of benzene rings is 1. The third-order valence-corrected chi connectivity index (χ3v) is 3.79. The largest absolute Gasteiger partial charge is 0.485 e. The van der Waals surface area contributed by atoms with Crippen LogP contribution in [0.1, 0.15) is 5.01 Å². The van der Waals surface area contributed by atoms with Crippen molar-refractivity contribution < 1.29 is 4.74 Å². The van der Waals surface area contributed by atoms with Crippen molar-refractivity contribution in [2.24, 2.45) is 0 Å². The molecule has 0 saturated heterocycles. The van der Waals surface area contributed by atoms with Crippen molar-refractivity contribution in [1.29, 1.82) is 0 Å². The highest BCUT2D eigenvalue weighted by Crippen LogP contribution is 2.29. The van der Waals surface area contributed by atoms with Gasteiger partial charge in [0.2, 0.25) is 4.47 Å². The van der Waals surface area contributed by atoms with E-state index in [0.717, 1.165) is 19.7 Å². The lowest BCUT2D eigenvalue weighted by molar-refractivity contribution is 0.302. The number of aromatic nitrogens is 2. The minimum absolute atomic E-state index is 0.366. The summed E-state index contributed by atoms with van der Waals surface area (Å²) in [6.45, 7) is 0.366. The van der Waals surface area contributed by atoms with Crippen molar-refractivity contribution in [3.8, 4) is 5.75 Å². The molecule has 0 bridgehead atoms. The SMILES string of the molecule is Clc1nnc(COc2ccc(Br)cc2Br)s1. The fraction of sp³-hybridized carbons (Fsp3) is 0.111. The van der Waals surface area contributed by atoms with Crippen molar-refractivity contribution in [1.82, 2.24) is 10.2 Å². The summed E-state index contributed by atoms with van der Waals surface area (Å²) in [6, 6.07) is 5.70. The Hall–Kier alpha value is -0.170. The lowest BCUT2D eigenvalue weighted by atomic mass is 10.3. The second-order valence-corrected chi connectivity index (χ2v) is 6.23. The molecule has 84 valence electrons. The van der Waals surface area contributed by atoms with Crippen LogP contribution in [0, 0.1) is 0 Å². The first-order chi connectivity index (χ1) is 7.65. The number of hydrogen-bond acceptors (Lipinski definition) is 4. The van der Waals surface area contributed by atoms with Gasteiger partial charge in [-0.25, -0.2) is 0 Å². The number of ether oxygens (including phenoxy) is 1. The quantitative estimate of drug-likeness (QED) is 0.792. The van der Waals surface area contributed by atoms with Crippen molar-refractivity contribution in [2.75, 3.05) is 0 Å². The van der Waals surface area contributed by atoms with E-state index in [2.05, 4.69) is 42.1 Å². The molecule has 0 spiro atoms. The zero-order chi connectivity index (χ0) is 11.5. The molecule has 7 heteroatoms. The highest BCUT2D eigenvalue weighted by atomic mass is 79.9. The Kier molecular flexibility index (Phi) is 4.18. The summed E-state index contributed by atoms with van der Waals surface area (Å²) in [6.07, 6.45) is 0. The van der Waals surface area contributed by atoms with Gasteiger partial charge in [-0.05, 0) is 45.7 Å². The molecule has 3 nitrogen and oxygen atoms in total. The van der Waals surface area contributed by atoms with Gasteiger partial charge < -0.3 is 4.74 Å². The number of halogens is 3. The van der Waals surface area contributed by atoms with Gasteiger partial charge in [-0.3, -0.25) is 0 Å². The van der Waals surface area contributed by atoms with Gasteiger partial charge in [-0.2, -0.15) is 0 Å². The molecule has 0 aliphatic heterocycles. The van der Waals surface area contributed by atoms with Crippen LogP contribution in [0.25, 0.3) is 0 Å². The van der Waals surface area contributed by atoms with Crippen molar-refractivity contribution >= 4 is 54.8 Å². The summed E-state index contributed by atoms with van der Waals surface area (Å²) in [7, 11) is 0. The second-order valence-electron chi connectivity index (χ2n) is 2.81. The number of rotatable bonds is 3. The molecule has 1 aromatic heterocycles. The minimum atomic E-state index is 0.366. The molecular weight excluding hydrogens is 379 g/mol. The Labute approximate surface area is 118 Å². The van der Waals surface area contributed by atoms with Crippen LogP contribution in [0.15, 0.2) is 27.1 Å². The van der Waals surface area contributed by atoms with E-state index in [-0.39, 0.29) is 0 Å². The molecule has 1 aromatic carbocycles. The summed E-state index contributed by atoms with van der Waals surface area (Å²) < 4.78 is 7.88. The smallest absolute Gasteiger partial charge is 0.207 e. The predicted molar refractivity (Wildman–Crippen MR) is 71.1 cm³/mol. The van der Waals surface area contributed by atoms with Gasteiger partial charge in [0.15, 0.2) is 5.01 Å². The van der Waals surface area contributed by atoms with Crippen molar-refractivity contribution in [2.45, 2.75) is 6.61 Å². The van der Waals surface area contributed by atoms with E-state index in [1.54, 1.807) is 0 Å². The summed E-state index contributed by atoms with van der Waals surface area (Å²) in [5.41, 5.74) is 0. The molecule has 0 N–H and O–H groups in total. The normalized spacial score (nSPS) is 10.4. The van der Waals surface area contributed by atoms with E-state index in [4.69, 9.17) is 16.3 Å². The lowest BCUT2D eigenvalue weighted by Crippen LogP contribution is -1.95. The average molecular weight is 384 g/mol. The summed E-state index contributed by atoms with van der Waals surface area (Å²) >= 11 is 13.8. The fourth-order valence-electron chi connectivity index (χ4n) is 1.02. The summed E-state index contributed by atoms with van der Waals surface area (Å²) in [5, 5.41) is 8.32. The van der Waals surface area contributed by atoms with Gasteiger partial charge in [0.1, 0.15) is 12.4 Å². The Morgan fingerprint density at radius 2 is 2.12 bits per heavy atom. The Morgan fingerprint density at radius 3 is 2.75 bits per heavy atom. The lowest BCUT2D eigenvalue weighted by Gasteiger charge is -2.06. The number of hydrogen-bond donors (Lipinski definition) is 0. The molecule has 0 fully saturated rings. The van der Waals surface area contributed by atoms with Crippen LogP contribution in [0.2, 0.25) is 4.47 Å². The van der Waals surface area contributed by atoms with Crippen LogP contribution in [-0.2, 0) is 6.61 Å². The Morgan fingerprint density at radius 1 is 1.31 bits per heavy atom. The Balaban J connectivity index is 2.04. The van der Waals surface area contributed by atoms with Crippen LogP contribution in [-0.4, -0.2) is 10.2 Å².